The summed E-state index contributed by atoms with van der Waals surface area (Å²) in [5, 5.41) is 21.2. The fourth-order valence-corrected chi connectivity index (χ4v) is 1.34. The minimum atomic E-state index is -1.04. The van der Waals surface area contributed by atoms with Gasteiger partial charge in [-0.1, -0.05) is 19.1 Å². The number of carboxylic acids is 1. The summed E-state index contributed by atoms with van der Waals surface area (Å²) in [5.74, 6) is -1.22. The number of carbonyl (C=O) groups is 2. The molecule has 1 unspecified atom stereocenters. The van der Waals surface area contributed by atoms with Gasteiger partial charge in [-0.2, -0.15) is 0 Å². The lowest BCUT2D eigenvalue weighted by molar-refractivity contribution is -0.140. The number of aromatic nitrogens is 3. The third kappa shape index (κ3) is 4.40. The second-order valence-corrected chi connectivity index (χ2v) is 4.13. The van der Waals surface area contributed by atoms with Crippen LogP contribution in [0.15, 0.2) is 12.4 Å². The van der Waals surface area contributed by atoms with Gasteiger partial charge < -0.3 is 15.7 Å². The summed E-state index contributed by atoms with van der Waals surface area (Å²) in [6, 6.07) is -1.40. The molecule has 18 heavy (non-hydrogen) atoms. The van der Waals surface area contributed by atoms with Crippen LogP contribution in [0.4, 0.5) is 4.79 Å². The van der Waals surface area contributed by atoms with Gasteiger partial charge in [0, 0.05) is 12.7 Å². The SMILES string of the molecule is CC(C)C(NC(=O)NCCn1ccnn1)C(=O)O. The van der Waals surface area contributed by atoms with E-state index in [4.69, 9.17) is 5.11 Å². The molecule has 0 aromatic carbocycles. The van der Waals surface area contributed by atoms with E-state index < -0.39 is 18.0 Å². The molecule has 100 valence electrons. The zero-order chi connectivity index (χ0) is 13.5. The minimum Gasteiger partial charge on any atom is -0.480 e. The monoisotopic (exact) mass is 255 g/mol. The van der Waals surface area contributed by atoms with Crippen molar-refractivity contribution in [3.05, 3.63) is 12.4 Å². The Bertz CT molecular complexity index is 390. The highest BCUT2D eigenvalue weighted by atomic mass is 16.4. The second-order valence-electron chi connectivity index (χ2n) is 4.13. The van der Waals surface area contributed by atoms with Crippen LogP contribution < -0.4 is 10.6 Å². The Balaban J connectivity index is 2.30. The molecule has 2 amide bonds. The van der Waals surface area contributed by atoms with Crippen molar-refractivity contribution in [1.82, 2.24) is 25.6 Å². The molecule has 8 nitrogen and oxygen atoms in total. The van der Waals surface area contributed by atoms with Gasteiger partial charge in [0.25, 0.3) is 0 Å². The average molecular weight is 255 g/mol. The number of urea groups is 1. The molecule has 1 aromatic rings. The maximum absolute atomic E-state index is 11.5. The number of carbonyl (C=O) groups excluding carboxylic acids is 1. The summed E-state index contributed by atoms with van der Waals surface area (Å²) in [6.45, 7) is 4.29. The summed E-state index contributed by atoms with van der Waals surface area (Å²) >= 11 is 0. The molecule has 1 atom stereocenters. The summed E-state index contributed by atoms with van der Waals surface area (Å²) in [7, 11) is 0. The topological polar surface area (TPSA) is 109 Å². The van der Waals surface area contributed by atoms with Crippen molar-refractivity contribution in [2.24, 2.45) is 5.92 Å². The fourth-order valence-electron chi connectivity index (χ4n) is 1.34. The average Bonchev–Trinajstić information content (AvgIpc) is 2.78. The van der Waals surface area contributed by atoms with Crippen molar-refractivity contribution in [3.63, 3.8) is 0 Å². The normalized spacial score (nSPS) is 12.2. The van der Waals surface area contributed by atoms with Crippen molar-refractivity contribution in [2.45, 2.75) is 26.4 Å². The van der Waals surface area contributed by atoms with Gasteiger partial charge in [0.15, 0.2) is 0 Å². The second kappa shape index (κ2) is 6.58. The number of hydrogen-bond donors (Lipinski definition) is 3. The molecule has 0 aliphatic carbocycles. The van der Waals surface area contributed by atoms with Gasteiger partial charge in [-0.25, -0.2) is 9.59 Å². The molecule has 0 aliphatic heterocycles. The lowest BCUT2D eigenvalue weighted by Gasteiger charge is -2.18. The molecule has 0 fully saturated rings. The van der Waals surface area contributed by atoms with E-state index in [1.807, 2.05) is 0 Å². The molecule has 1 aromatic heterocycles. The number of rotatable bonds is 6. The van der Waals surface area contributed by atoms with Crippen LogP contribution in [0, 0.1) is 5.92 Å². The zero-order valence-electron chi connectivity index (χ0n) is 10.3. The molecule has 3 N–H and O–H groups in total. The molecule has 0 aliphatic rings. The van der Waals surface area contributed by atoms with Crippen LogP contribution in [0.1, 0.15) is 13.8 Å². The molecule has 8 heteroatoms. The Morgan fingerprint density at radius 2 is 2.17 bits per heavy atom. The van der Waals surface area contributed by atoms with Crippen molar-refractivity contribution in [2.75, 3.05) is 6.54 Å². The highest BCUT2D eigenvalue weighted by Gasteiger charge is 2.22. The molecular weight excluding hydrogens is 238 g/mol. The number of amides is 2. The molecule has 0 spiro atoms. The summed E-state index contributed by atoms with van der Waals surface area (Å²) in [5.41, 5.74) is 0. The van der Waals surface area contributed by atoms with E-state index in [0.717, 1.165) is 0 Å². The largest absolute Gasteiger partial charge is 0.480 e. The van der Waals surface area contributed by atoms with Crippen LogP contribution in [-0.2, 0) is 11.3 Å². The van der Waals surface area contributed by atoms with Crippen LogP contribution in [0.25, 0.3) is 0 Å². The number of nitrogens with zero attached hydrogens (tertiary/aromatic N) is 3. The first kappa shape index (κ1) is 13.9. The van der Waals surface area contributed by atoms with Crippen molar-refractivity contribution in [1.29, 1.82) is 0 Å². The first-order chi connectivity index (χ1) is 8.50. The maximum Gasteiger partial charge on any atom is 0.326 e. The smallest absolute Gasteiger partial charge is 0.326 e. The van der Waals surface area contributed by atoms with E-state index in [1.54, 1.807) is 30.9 Å². The molecular formula is C10H17N5O3. The quantitative estimate of drug-likeness (QED) is 0.645. The van der Waals surface area contributed by atoms with Crippen LogP contribution in [0.5, 0.6) is 0 Å². The standard InChI is InChI=1S/C10H17N5O3/c1-7(2)8(9(16)17)13-10(18)11-3-5-15-6-4-12-14-15/h4,6-8H,3,5H2,1-2H3,(H,16,17)(H2,11,13,18). The Labute approximate surface area is 104 Å². The third-order valence-electron chi connectivity index (χ3n) is 2.32. The van der Waals surface area contributed by atoms with E-state index in [1.165, 1.54) is 0 Å². The lowest BCUT2D eigenvalue weighted by Crippen LogP contribution is -2.49. The first-order valence-corrected chi connectivity index (χ1v) is 5.62. The van der Waals surface area contributed by atoms with Gasteiger partial charge in [0.1, 0.15) is 6.04 Å². The number of hydrogen-bond acceptors (Lipinski definition) is 4. The Hall–Kier alpha value is -2.12. The molecule has 0 bridgehead atoms. The Kier molecular flexibility index (Phi) is 5.09. The summed E-state index contributed by atoms with van der Waals surface area (Å²) in [4.78, 5) is 22.3. The molecule has 0 saturated heterocycles. The van der Waals surface area contributed by atoms with Crippen LogP contribution in [0.3, 0.4) is 0 Å². The Morgan fingerprint density at radius 3 is 2.67 bits per heavy atom. The van der Waals surface area contributed by atoms with Gasteiger partial charge in [-0.15, -0.1) is 5.10 Å². The van der Waals surface area contributed by atoms with Crippen LogP contribution in [-0.4, -0.2) is 44.7 Å². The highest BCUT2D eigenvalue weighted by Crippen LogP contribution is 2.00. The van der Waals surface area contributed by atoms with Gasteiger partial charge in [0.05, 0.1) is 12.7 Å². The predicted octanol–water partition coefficient (Wildman–Crippen LogP) is -0.313. The zero-order valence-corrected chi connectivity index (χ0v) is 10.3. The third-order valence-corrected chi connectivity index (χ3v) is 2.32. The van der Waals surface area contributed by atoms with Gasteiger partial charge >= 0.3 is 12.0 Å². The number of nitrogens with one attached hydrogen (secondary N) is 2. The maximum atomic E-state index is 11.5. The van der Waals surface area contributed by atoms with Crippen LogP contribution in [0.2, 0.25) is 0 Å². The van der Waals surface area contributed by atoms with E-state index in [2.05, 4.69) is 20.9 Å². The number of aliphatic carboxylic acids is 1. The molecule has 1 heterocycles. The van der Waals surface area contributed by atoms with E-state index in [9.17, 15) is 9.59 Å². The van der Waals surface area contributed by atoms with Crippen molar-refractivity contribution < 1.29 is 14.7 Å². The first-order valence-electron chi connectivity index (χ1n) is 5.62. The van der Waals surface area contributed by atoms with Crippen molar-refractivity contribution in [3.8, 4) is 0 Å². The minimum absolute atomic E-state index is 0.177. The summed E-state index contributed by atoms with van der Waals surface area (Å²) < 4.78 is 1.57. The van der Waals surface area contributed by atoms with Gasteiger partial charge in [-0.05, 0) is 5.92 Å². The van der Waals surface area contributed by atoms with E-state index in [-0.39, 0.29) is 5.92 Å². The van der Waals surface area contributed by atoms with Crippen LogP contribution >= 0.6 is 0 Å². The lowest BCUT2D eigenvalue weighted by atomic mass is 10.1. The van der Waals surface area contributed by atoms with Gasteiger partial charge in [0.2, 0.25) is 0 Å². The van der Waals surface area contributed by atoms with E-state index in [0.29, 0.717) is 13.1 Å². The van der Waals surface area contributed by atoms with E-state index >= 15 is 0 Å². The van der Waals surface area contributed by atoms with Gasteiger partial charge in [-0.3, -0.25) is 4.68 Å². The highest BCUT2D eigenvalue weighted by molar-refractivity contribution is 5.82. The molecule has 0 saturated carbocycles. The Morgan fingerprint density at radius 1 is 1.44 bits per heavy atom. The summed E-state index contributed by atoms with van der Waals surface area (Å²) in [6.07, 6.45) is 3.22. The molecule has 1 rings (SSSR count). The molecule has 0 radical (unpaired) electrons. The van der Waals surface area contributed by atoms with Crippen molar-refractivity contribution >= 4 is 12.0 Å². The predicted molar refractivity (Wildman–Crippen MR) is 62.8 cm³/mol. The number of carboxylic acid groups (broad SMARTS) is 1. The fraction of sp³-hybridized carbons (Fsp3) is 0.600.